The van der Waals surface area contributed by atoms with Gasteiger partial charge in [0.25, 0.3) is 0 Å². The lowest BCUT2D eigenvalue weighted by molar-refractivity contribution is 0.479. The molecule has 0 saturated heterocycles. The molecule has 0 fully saturated rings. The Morgan fingerprint density at radius 1 is 1.33 bits per heavy atom. The summed E-state index contributed by atoms with van der Waals surface area (Å²) < 4.78 is 1.93. The lowest BCUT2D eigenvalue weighted by Gasteiger charge is -1.96. The molecule has 0 aliphatic carbocycles. The summed E-state index contributed by atoms with van der Waals surface area (Å²) in [6, 6.07) is 6.01. The molecule has 1 aromatic heterocycles. The van der Waals surface area contributed by atoms with Crippen molar-refractivity contribution >= 4 is 10.9 Å². The van der Waals surface area contributed by atoms with E-state index in [-0.39, 0.29) is 0 Å². The molecule has 0 bridgehead atoms. The third-order valence-corrected chi connectivity index (χ3v) is 2.13. The minimum atomic E-state index is 0.354. The first kappa shape index (κ1) is 7.22. The van der Waals surface area contributed by atoms with Crippen molar-refractivity contribution in [1.82, 2.24) is 4.57 Å². The Kier molecular flexibility index (Phi) is 1.37. The summed E-state index contributed by atoms with van der Waals surface area (Å²) in [6.45, 7) is 2.05. The molecular formula is C10H11NO. The minimum absolute atomic E-state index is 0.354. The van der Waals surface area contributed by atoms with E-state index in [1.807, 2.05) is 30.7 Å². The summed E-state index contributed by atoms with van der Waals surface area (Å²) in [7, 11) is 1.93. The van der Waals surface area contributed by atoms with Crippen LogP contribution in [0.3, 0.4) is 0 Å². The van der Waals surface area contributed by atoms with Gasteiger partial charge in [-0.05, 0) is 24.6 Å². The van der Waals surface area contributed by atoms with Crippen molar-refractivity contribution in [2.24, 2.45) is 7.05 Å². The van der Waals surface area contributed by atoms with E-state index in [2.05, 4.69) is 6.07 Å². The summed E-state index contributed by atoms with van der Waals surface area (Å²) in [5, 5.41) is 10.4. The van der Waals surface area contributed by atoms with Gasteiger partial charge in [0.05, 0.1) is 5.52 Å². The zero-order chi connectivity index (χ0) is 8.72. The van der Waals surface area contributed by atoms with Gasteiger partial charge in [-0.1, -0.05) is 6.07 Å². The Morgan fingerprint density at radius 2 is 2.08 bits per heavy atom. The van der Waals surface area contributed by atoms with E-state index in [0.29, 0.717) is 5.75 Å². The largest absolute Gasteiger partial charge is 0.506 e. The lowest BCUT2D eigenvalue weighted by Crippen LogP contribution is -1.83. The van der Waals surface area contributed by atoms with Crippen LogP contribution in [0, 0.1) is 6.92 Å². The molecule has 0 unspecified atom stereocenters. The first-order valence-corrected chi connectivity index (χ1v) is 3.93. The van der Waals surface area contributed by atoms with Crippen molar-refractivity contribution in [2.45, 2.75) is 6.92 Å². The molecule has 0 aliphatic heterocycles. The molecule has 0 spiro atoms. The Morgan fingerprint density at radius 3 is 2.83 bits per heavy atom. The lowest BCUT2D eigenvalue weighted by atomic mass is 10.2. The topological polar surface area (TPSA) is 25.2 Å². The van der Waals surface area contributed by atoms with Crippen molar-refractivity contribution in [3.63, 3.8) is 0 Å². The maximum Gasteiger partial charge on any atom is 0.141 e. The molecule has 0 saturated carbocycles. The van der Waals surface area contributed by atoms with Gasteiger partial charge in [0, 0.05) is 18.6 Å². The second-order valence-corrected chi connectivity index (χ2v) is 3.15. The predicted molar refractivity (Wildman–Crippen MR) is 49.3 cm³/mol. The van der Waals surface area contributed by atoms with Gasteiger partial charge in [0.1, 0.15) is 5.75 Å². The standard InChI is InChI=1S/C10H11NO/c1-7-3-4-8-9(5-7)11(2)6-10(8)12/h3-6,12H,1-2H3. The average molecular weight is 161 g/mol. The normalized spacial score (nSPS) is 10.8. The van der Waals surface area contributed by atoms with Crippen LogP contribution >= 0.6 is 0 Å². The van der Waals surface area contributed by atoms with Crippen molar-refractivity contribution < 1.29 is 5.11 Å². The number of aromatic hydroxyl groups is 1. The molecule has 0 aliphatic rings. The van der Waals surface area contributed by atoms with Crippen LogP contribution in [0.1, 0.15) is 5.56 Å². The Hall–Kier alpha value is -1.44. The van der Waals surface area contributed by atoms with Gasteiger partial charge in [0.15, 0.2) is 0 Å². The van der Waals surface area contributed by atoms with Gasteiger partial charge in [-0.25, -0.2) is 0 Å². The first-order chi connectivity index (χ1) is 5.68. The third kappa shape index (κ3) is 0.881. The highest BCUT2D eigenvalue weighted by atomic mass is 16.3. The number of benzene rings is 1. The highest BCUT2D eigenvalue weighted by Crippen LogP contribution is 2.26. The number of fused-ring (bicyclic) bond motifs is 1. The van der Waals surface area contributed by atoms with Gasteiger partial charge in [0.2, 0.25) is 0 Å². The molecule has 12 heavy (non-hydrogen) atoms. The fraction of sp³-hybridized carbons (Fsp3) is 0.200. The fourth-order valence-corrected chi connectivity index (χ4v) is 1.47. The maximum absolute atomic E-state index is 9.46. The molecule has 2 nitrogen and oxygen atoms in total. The smallest absolute Gasteiger partial charge is 0.141 e. The zero-order valence-corrected chi connectivity index (χ0v) is 7.20. The zero-order valence-electron chi connectivity index (χ0n) is 7.20. The van der Waals surface area contributed by atoms with Crippen molar-refractivity contribution in [3.8, 4) is 5.75 Å². The number of hydrogen-bond donors (Lipinski definition) is 1. The average Bonchev–Trinajstić information content (AvgIpc) is 2.28. The van der Waals surface area contributed by atoms with Crippen LogP contribution in [0.2, 0.25) is 0 Å². The first-order valence-electron chi connectivity index (χ1n) is 3.93. The van der Waals surface area contributed by atoms with Crippen molar-refractivity contribution in [3.05, 3.63) is 30.0 Å². The van der Waals surface area contributed by atoms with Crippen LogP contribution in [-0.4, -0.2) is 9.67 Å². The van der Waals surface area contributed by atoms with Crippen molar-refractivity contribution in [1.29, 1.82) is 0 Å². The van der Waals surface area contributed by atoms with Gasteiger partial charge in [-0.2, -0.15) is 0 Å². The highest BCUT2D eigenvalue weighted by molar-refractivity contribution is 5.86. The van der Waals surface area contributed by atoms with Crippen LogP contribution in [0.5, 0.6) is 5.75 Å². The molecule has 1 aromatic carbocycles. The molecule has 0 atom stereocenters. The number of rotatable bonds is 0. The fourth-order valence-electron chi connectivity index (χ4n) is 1.47. The van der Waals surface area contributed by atoms with Crippen LogP contribution in [-0.2, 0) is 7.05 Å². The summed E-state index contributed by atoms with van der Waals surface area (Å²) in [5.74, 6) is 0.354. The molecule has 0 radical (unpaired) electrons. The summed E-state index contributed by atoms with van der Waals surface area (Å²) in [5.41, 5.74) is 2.29. The van der Waals surface area contributed by atoms with Gasteiger partial charge in [-0.15, -0.1) is 0 Å². The Balaban J connectivity index is 2.90. The second-order valence-electron chi connectivity index (χ2n) is 3.15. The Bertz CT molecular complexity index is 429. The minimum Gasteiger partial charge on any atom is -0.506 e. The quantitative estimate of drug-likeness (QED) is 0.629. The van der Waals surface area contributed by atoms with Crippen LogP contribution in [0.15, 0.2) is 24.4 Å². The molecule has 1 N–H and O–H groups in total. The highest BCUT2D eigenvalue weighted by Gasteiger charge is 2.03. The maximum atomic E-state index is 9.46. The van der Waals surface area contributed by atoms with Crippen LogP contribution in [0.25, 0.3) is 10.9 Å². The van der Waals surface area contributed by atoms with E-state index >= 15 is 0 Å². The summed E-state index contributed by atoms with van der Waals surface area (Å²) in [4.78, 5) is 0. The van der Waals surface area contributed by atoms with Crippen LogP contribution in [0.4, 0.5) is 0 Å². The molecule has 0 amide bonds. The summed E-state index contributed by atoms with van der Waals surface area (Å²) in [6.07, 6.45) is 1.73. The van der Waals surface area contributed by atoms with Gasteiger partial charge in [-0.3, -0.25) is 0 Å². The van der Waals surface area contributed by atoms with Crippen LogP contribution < -0.4 is 0 Å². The Labute approximate surface area is 71.1 Å². The molecule has 2 rings (SSSR count). The number of aryl methyl sites for hydroxylation is 2. The van der Waals surface area contributed by atoms with E-state index in [1.54, 1.807) is 6.20 Å². The van der Waals surface area contributed by atoms with Crippen molar-refractivity contribution in [2.75, 3.05) is 0 Å². The monoisotopic (exact) mass is 161 g/mol. The molecule has 62 valence electrons. The van der Waals surface area contributed by atoms with Gasteiger partial charge < -0.3 is 9.67 Å². The molecule has 1 heterocycles. The molecule has 2 aromatic rings. The molecular weight excluding hydrogens is 150 g/mol. The SMILES string of the molecule is Cc1ccc2c(O)cn(C)c2c1. The predicted octanol–water partition coefficient (Wildman–Crippen LogP) is 2.19. The third-order valence-electron chi connectivity index (χ3n) is 2.13. The van der Waals surface area contributed by atoms with Gasteiger partial charge >= 0.3 is 0 Å². The van der Waals surface area contributed by atoms with E-state index in [0.717, 1.165) is 10.9 Å². The number of aromatic nitrogens is 1. The van der Waals surface area contributed by atoms with E-state index in [1.165, 1.54) is 5.56 Å². The molecule has 2 heteroatoms. The summed E-state index contributed by atoms with van der Waals surface area (Å²) >= 11 is 0. The number of nitrogens with zero attached hydrogens (tertiary/aromatic N) is 1. The number of hydrogen-bond acceptors (Lipinski definition) is 1. The van der Waals surface area contributed by atoms with E-state index in [9.17, 15) is 5.11 Å². The van der Waals surface area contributed by atoms with E-state index < -0.39 is 0 Å². The van der Waals surface area contributed by atoms with E-state index in [4.69, 9.17) is 0 Å². The second kappa shape index (κ2) is 2.27.